The summed E-state index contributed by atoms with van der Waals surface area (Å²) < 4.78 is 5.49. The van der Waals surface area contributed by atoms with Crippen LogP contribution in [0.15, 0.2) is 48.5 Å². The van der Waals surface area contributed by atoms with Crippen molar-refractivity contribution in [1.29, 1.82) is 0 Å². The number of carboxylic acid groups (broad SMARTS) is 1. The largest absolute Gasteiger partial charge is 0.479 e. The smallest absolute Gasteiger partial charge is 0.407 e. The number of fused-ring (bicyclic) bond motifs is 3. The van der Waals surface area contributed by atoms with Crippen LogP contribution in [-0.2, 0) is 14.3 Å². The number of alkyl carbamates (subject to hydrolysis) is 1. The van der Waals surface area contributed by atoms with Gasteiger partial charge in [0.15, 0.2) is 6.10 Å². The normalized spacial score (nSPS) is 19.4. The molecule has 0 spiro atoms. The summed E-state index contributed by atoms with van der Waals surface area (Å²) in [5.74, 6) is -1.70. The van der Waals surface area contributed by atoms with Crippen LogP contribution in [0.4, 0.5) is 4.79 Å². The third-order valence-corrected chi connectivity index (χ3v) is 6.11. The number of carboxylic acids is 1. The molecule has 1 saturated carbocycles. The zero-order chi connectivity index (χ0) is 22.7. The molecule has 0 heterocycles. The van der Waals surface area contributed by atoms with Gasteiger partial charge in [0.2, 0.25) is 5.91 Å². The average Bonchev–Trinajstić information content (AvgIpc) is 3.51. The number of rotatable bonds is 9. The maximum absolute atomic E-state index is 12.2. The van der Waals surface area contributed by atoms with Crippen molar-refractivity contribution >= 4 is 18.0 Å². The van der Waals surface area contributed by atoms with Crippen LogP contribution in [0.5, 0.6) is 0 Å². The Morgan fingerprint density at radius 3 is 2.25 bits per heavy atom. The predicted octanol–water partition coefficient (Wildman–Crippen LogP) is 2.11. The lowest BCUT2D eigenvalue weighted by Crippen LogP contribution is -2.32. The summed E-state index contributed by atoms with van der Waals surface area (Å²) in [5, 5.41) is 23.2. The summed E-state index contributed by atoms with van der Waals surface area (Å²) in [6.45, 7) is 0.669. The molecule has 168 valence electrons. The second kappa shape index (κ2) is 9.40. The summed E-state index contributed by atoms with van der Waals surface area (Å²) in [4.78, 5) is 34.9. The minimum Gasteiger partial charge on any atom is -0.479 e. The van der Waals surface area contributed by atoms with Crippen LogP contribution in [0.2, 0.25) is 0 Å². The average molecular weight is 438 g/mol. The molecule has 2 aliphatic rings. The van der Waals surface area contributed by atoms with E-state index in [1.54, 1.807) is 0 Å². The van der Waals surface area contributed by atoms with Crippen molar-refractivity contribution in [2.24, 2.45) is 11.8 Å². The van der Waals surface area contributed by atoms with Crippen molar-refractivity contribution in [3.8, 4) is 11.1 Å². The molecule has 2 aromatic rings. The van der Waals surface area contributed by atoms with Gasteiger partial charge in [0.25, 0.3) is 0 Å². The number of aliphatic hydroxyl groups is 1. The Balaban J connectivity index is 1.20. The molecule has 2 amide bonds. The second-order valence-electron chi connectivity index (χ2n) is 8.24. The van der Waals surface area contributed by atoms with Gasteiger partial charge in [-0.25, -0.2) is 9.59 Å². The van der Waals surface area contributed by atoms with Crippen LogP contribution in [0.3, 0.4) is 0 Å². The number of ether oxygens (including phenoxy) is 1. The molecule has 2 aliphatic carbocycles. The summed E-state index contributed by atoms with van der Waals surface area (Å²) in [5.41, 5.74) is 4.63. The van der Waals surface area contributed by atoms with Crippen LogP contribution in [0.1, 0.15) is 29.9 Å². The quantitative estimate of drug-likeness (QED) is 0.475. The number of aliphatic carboxylic acids is 1. The van der Waals surface area contributed by atoms with Gasteiger partial charge in [-0.15, -0.1) is 0 Å². The first kappa shape index (κ1) is 21.8. The molecule has 8 nitrogen and oxygen atoms in total. The molecule has 0 radical (unpaired) electrons. The van der Waals surface area contributed by atoms with Gasteiger partial charge in [-0.1, -0.05) is 48.5 Å². The lowest BCUT2D eigenvalue weighted by molar-refractivity contribution is -0.147. The van der Waals surface area contributed by atoms with E-state index in [0.717, 1.165) is 11.1 Å². The van der Waals surface area contributed by atoms with E-state index in [1.165, 1.54) is 11.1 Å². The monoisotopic (exact) mass is 438 g/mol. The molecule has 4 rings (SSSR count). The van der Waals surface area contributed by atoms with Gasteiger partial charge in [-0.3, -0.25) is 4.79 Å². The zero-order valence-electron chi connectivity index (χ0n) is 17.5. The molecular formula is C24H26N2O6. The number of carbonyl (C=O) groups is 3. The molecule has 0 bridgehead atoms. The fraction of sp³-hybridized carbons (Fsp3) is 0.375. The van der Waals surface area contributed by atoms with Gasteiger partial charge in [0.05, 0.1) is 0 Å². The third-order valence-electron chi connectivity index (χ3n) is 6.11. The molecule has 3 atom stereocenters. The Kier molecular flexibility index (Phi) is 6.41. The van der Waals surface area contributed by atoms with Gasteiger partial charge in [-0.05, 0) is 34.6 Å². The molecular weight excluding hydrogens is 412 g/mol. The Morgan fingerprint density at radius 2 is 1.62 bits per heavy atom. The minimum absolute atomic E-state index is 0.00578. The highest BCUT2D eigenvalue weighted by molar-refractivity contribution is 5.82. The molecule has 0 aromatic heterocycles. The van der Waals surface area contributed by atoms with Crippen molar-refractivity contribution in [1.82, 2.24) is 10.6 Å². The zero-order valence-corrected chi connectivity index (χ0v) is 17.5. The number of aliphatic hydroxyl groups excluding tert-OH is 1. The molecule has 0 saturated heterocycles. The number of hydrogen-bond donors (Lipinski definition) is 4. The summed E-state index contributed by atoms with van der Waals surface area (Å²) in [7, 11) is 0. The molecule has 32 heavy (non-hydrogen) atoms. The van der Waals surface area contributed by atoms with E-state index in [4.69, 9.17) is 9.84 Å². The van der Waals surface area contributed by atoms with E-state index in [2.05, 4.69) is 34.9 Å². The Bertz CT molecular complexity index is 978. The fourth-order valence-electron chi connectivity index (χ4n) is 4.24. The van der Waals surface area contributed by atoms with E-state index in [9.17, 15) is 19.5 Å². The van der Waals surface area contributed by atoms with Gasteiger partial charge in [0.1, 0.15) is 6.61 Å². The van der Waals surface area contributed by atoms with E-state index in [1.807, 2.05) is 24.3 Å². The first-order chi connectivity index (χ1) is 15.5. The first-order valence-electron chi connectivity index (χ1n) is 10.7. The molecule has 2 aromatic carbocycles. The lowest BCUT2D eigenvalue weighted by atomic mass is 9.98. The maximum atomic E-state index is 12.2. The van der Waals surface area contributed by atoms with Crippen molar-refractivity contribution in [3.05, 3.63) is 59.7 Å². The van der Waals surface area contributed by atoms with E-state index in [-0.39, 0.29) is 43.2 Å². The van der Waals surface area contributed by atoms with E-state index in [0.29, 0.717) is 13.0 Å². The number of nitrogens with one attached hydrogen (secondary N) is 2. The van der Waals surface area contributed by atoms with E-state index >= 15 is 0 Å². The lowest BCUT2D eigenvalue weighted by Gasteiger charge is -2.14. The molecule has 0 aliphatic heterocycles. The minimum atomic E-state index is -1.49. The Hall–Kier alpha value is -3.39. The van der Waals surface area contributed by atoms with Gasteiger partial charge in [-0.2, -0.15) is 0 Å². The number of hydrogen-bond acceptors (Lipinski definition) is 5. The van der Waals surface area contributed by atoms with Crippen LogP contribution in [0.25, 0.3) is 11.1 Å². The SMILES string of the molecule is O=C(NC[C@H]1C[C@H]1C(=O)NCC[C@H](O)C(=O)O)OCC1c2ccccc2-c2ccccc21. The highest BCUT2D eigenvalue weighted by atomic mass is 16.5. The van der Waals surface area contributed by atoms with Crippen LogP contribution >= 0.6 is 0 Å². The van der Waals surface area contributed by atoms with Gasteiger partial charge >= 0.3 is 12.1 Å². The highest BCUT2D eigenvalue weighted by Crippen LogP contribution is 2.44. The molecule has 1 fully saturated rings. The molecule has 4 N–H and O–H groups in total. The number of amides is 2. The summed E-state index contributed by atoms with van der Waals surface area (Å²) >= 11 is 0. The standard InChI is InChI=1S/C24H26N2O6/c27-21(23(29)30)9-10-25-22(28)19-11-14(19)12-26-24(31)32-13-20-17-7-3-1-5-15(17)16-6-2-4-8-18(16)20/h1-8,14,19-21,27H,9-13H2,(H,25,28)(H,26,31)(H,29,30)/t14-,19-,21+/m1/s1. The third kappa shape index (κ3) is 4.75. The second-order valence-corrected chi connectivity index (χ2v) is 8.24. The van der Waals surface area contributed by atoms with E-state index < -0.39 is 18.2 Å². The van der Waals surface area contributed by atoms with Crippen LogP contribution in [-0.4, -0.2) is 54.0 Å². The molecule has 0 unspecified atom stereocenters. The van der Waals surface area contributed by atoms with Crippen molar-refractivity contribution < 1.29 is 29.3 Å². The van der Waals surface area contributed by atoms with Gasteiger partial charge < -0.3 is 25.6 Å². The van der Waals surface area contributed by atoms with Crippen molar-refractivity contribution in [3.63, 3.8) is 0 Å². The maximum Gasteiger partial charge on any atom is 0.407 e. The predicted molar refractivity (Wildman–Crippen MR) is 116 cm³/mol. The topological polar surface area (TPSA) is 125 Å². The van der Waals surface area contributed by atoms with Gasteiger partial charge in [0, 0.05) is 31.3 Å². The number of carbonyl (C=O) groups excluding carboxylic acids is 2. The Morgan fingerprint density at radius 1 is 1.00 bits per heavy atom. The Labute approximate surface area is 185 Å². The highest BCUT2D eigenvalue weighted by Gasteiger charge is 2.42. The molecule has 8 heteroatoms. The number of benzene rings is 2. The fourth-order valence-corrected chi connectivity index (χ4v) is 4.24. The van der Waals surface area contributed by atoms with Crippen LogP contribution in [0, 0.1) is 11.8 Å². The first-order valence-corrected chi connectivity index (χ1v) is 10.7. The summed E-state index contributed by atoms with van der Waals surface area (Å²) in [6.07, 6.45) is -1.39. The van der Waals surface area contributed by atoms with Crippen molar-refractivity contribution in [2.75, 3.05) is 19.7 Å². The summed E-state index contributed by atoms with van der Waals surface area (Å²) in [6, 6.07) is 16.2. The van der Waals surface area contributed by atoms with Crippen molar-refractivity contribution in [2.45, 2.75) is 24.9 Å². The van der Waals surface area contributed by atoms with Crippen LogP contribution < -0.4 is 10.6 Å².